The summed E-state index contributed by atoms with van der Waals surface area (Å²) in [6, 6.07) is 2.81. The highest BCUT2D eigenvalue weighted by atomic mass is 35.5. The molecule has 0 radical (unpaired) electrons. The molecule has 0 aromatic carbocycles. The normalized spacial score (nSPS) is 25.0. The van der Waals surface area contributed by atoms with Crippen LogP contribution >= 0.6 is 22.9 Å². The minimum Gasteiger partial charge on any atom is -0.380 e. The van der Waals surface area contributed by atoms with Crippen LogP contribution in [0.5, 0.6) is 0 Å². The Balaban J connectivity index is 1.29. The van der Waals surface area contributed by atoms with Crippen molar-refractivity contribution in [3.63, 3.8) is 0 Å². The van der Waals surface area contributed by atoms with Crippen LogP contribution in [0.2, 0.25) is 5.28 Å². The number of morpholine rings is 1. The number of piperazine rings is 1. The lowest BCUT2D eigenvalue weighted by Gasteiger charge is -2.37. The van der Waals surface area contributed by atoms with E-state index in [2.05, 4.69) is 30.7 Å². The van der Waals surface area contributed by atoms with Crippen molar-refractivity contribution in [3.8, 4) is 0 Å². The summed E-state index contributed by atoms with van der Waals surface area (Å²) in [6.45, 7) is 10.4. The van der Waals surface area contributed by atoms with Crippen molar-refractivity contribution in [2.75, 3.05) is 70.6 Å². The maximum atomic E-state index is 6.22. The Kier molecular flexibility index (Phi) is 5.67. The largest absolute Gasteiger partial charge is 0.380 e. The molecule has 28 heavy (non-hydrogen) atoms. The van der Waals surface area contributed by atoms with Crippen molar-refractivity contribution in [2.24, 2.45) is 0 Å². The molecule has 0 amide bonds. The molecule has 5 heterocycles. The summed E-state index contributed by atoms with van der Waals surface area (Å²) in [6.07, 6.45) is 1.18. The summed E-state index contributed by atoms with van der Waals surface area (Å²) in [7, 11) is 0. The molecule has 3 saturated heterocycles. The van der Waals surface area contributed by atoms with Crippen LogP contribution in [0.15, 0.2) is 6.07 Å². The molecule has 2 aromatic rings. The van der Waals surface area contributed by atoms with E-state index in [0.717, 1.165) is 88.3 Å². The molecule has 0 spiro atoms. The number of thiophene rings is 1. The Bertz CT molecular complexity index is 814. The van der Waals surface area contributed by atoms with Gasteiger partial charge in [0.05, 0.1) is 30.0 Å². The highest BCUT2D eigenvalue weighted by molar-refractivity contribution is 7.19. The van der Waals surface area contributed by atoms with E-state index in [0.29, 0.717) is 11.3 Å². The number of aromatic nitrogens is 2. The highest BCUT2D eigenvalue weighted by Gasteiger charge is 2.27. The molecule has 5 rings (SSSR count). The summed E-state index contributed by atoms with van der Waals surface area (Å²) in [5.74, 6) is 0.959. The number of rotatable bonds is 4. The molecule has 152 valence electrons. The van der Waals surface area contributed by atoms with Crippen molar-refractivity contribution < 1.29 is 9.47 Å². The molecule has 1 atom stereocenters. The quantitative estimate of drug-likeness (QED) is 0.698. The van der Waals surface area contributed by atoms with Crippen molar-refractivity contribution in [3.05, 3.63) is 16.2 Å². The molecule has 9 heteroatoms. The van der Waals surface area contributed by atoms with Crippen molar-refractivity contribution >= 4 is 39.0 Å². The van der Waals surface area contributed by atoms with E-state index in [9.17, 15) is 0 Å². The predicted octanol–water partition coefficient (Wildman–Crippen LogP) is 2.09. The number of ether oxygens (including phenoxy) is 2. The van der Waals surface area contributed by atoms with Gasteiger partial charge in [-0.2, -0.15) is 4.98 Å². The van der Waals surface area contributed by atoms with E-state index in [1.807, 2.05) is 0 Å². The highest BCUT2D eigenvalue weighted by Crippen LogP contribution is 2.34. The molecule has 3 fully saturated rings. The summed E-state index contributed by atoms with van der Waals surface area (Å²) >= 11 is 8.03. The fourth-order valence-corrected chi connectivity index (χ4v) is 5.65. The van der Waals surface area contributed by atoms with E-state index >= 15 is 0 Å². The van der Waals surface area contributed by atoms with Gasteiger partial charge in [0.1, 0.15) is 0 Å². The first-order chi connectivity index (χ1) is 13.8. The Morgan fingerprint density at radius 2 is 1.86 bits per heavy atom. The van der Waals surface area contributed by atoms with Crippen molar-refractivity contribution in [1.29, 1.82) is 0 Å². The standard InChI is InChI=1S/C19H26ClN5O2S/c20-19-21-16-11-15(28-17(16)18(22-19)25-6-9-26-10-7-25)12-23-2-4-24(5-3-23)14-1-8-27-13-14/h11,14H,1-10,12-13H2. The van der Waals surface area contributed by atoms with E-state index in [-0.39, 0.29) is 0 Å². The third-order valence-corrected chi connectivity index (χ3v) is 7.17. The topological polar surface area (TPSA) is 54.0 Å². The van der Waals surface area contributed by atoms with Gasteiger partial charge in [-0.05, 0) is 24.1 Å². The first-order valence-corrected chi connectivity index (χ1v) is 11.3. The zero-order valence-corrected chi connectivity index (χ0v) is 17.6. The maximum absolute atomic E-state index is 6.22. The average molecular weight is 424 g/mol. The molecule has 7 nitrogen and oxygen atoms in total. The van der Waals surface area contributed by atoms with Gasteiger partial charge in [-0.25, -0.2) is 4.98 Å². The number of hydrogen-bond donors (Lipinski definition) is 0. The number of anilines is 1. The SMILES string of the molecule is Clc1nc(N2CCOCC2)c2sc(CN3CCN(C4CCOC4)CC3)cc2n1. The van der Waals surface area contributed by atoms with E-state index in [1.165, 1.54) is 11.3 Å². The van der Waals surface area contributed by atoms with Gasteiger partial charge in [0.25, 0.3) is 0 Å². The van der Waals surface area contributed by atoms with Gasteiger partial charge in [-0.3, -0.25) is 9.80 Å². The number of fused-ring (bicyclic) bond motifs is 1. The second-order valence-electron chi connectivity index (χ2n) is 7.67. The summed E-state index contributed by atoms with van der Waals surface area (Å²) in [4.78, 5) is 17.8. The first-order valence-electron chi connectivity index (χ1n) is 10.1. The molecule has 3 aliphatic heterocycles. The van der Waals surface area contributed by atoms with Gasteiger partial charge >= 0.3 is 0 Å². The third-order valence-electron chi connectivity index (χ3n) is 5.90. The Morgan fingerprint density at radius 1 is 1.04 bits per heavy atom. The van der Waals surface area contributed by atoms with Crippen LogP contribution in [0.4, 0.5) is 5.82 Å². The monoisotopic (exact) mass is 423 g/mol. The van der Waals surface area contributed by atoms with Gasteiger partial charge in [0, 0.05) is 63.3 Å². The first kappa shape index (κ1) is 19.0. The molecular formula is C19H26ClN5O2S. The van der Waals surface area contributed by atoms with Gasteiger partial charge in [0.15, 0.2) is 5.82 Å². The molecule has 0 N–H and O–H groups in total. The molecular weight excluding hydrogens is 398 g/mol. The number of hydrogen-bond acceptors (Lipinski definition) is 8. The second-order valence-corrected chi connectivity index (χ2v) is 9.15. The lowest BCUT2D eigenvalue weighted by molar-refractivity contribution is 0.0819. The van der Waals surface area contributed by atoms with Crippen LogP contribution < -0.4 is 4.90 Å². The fourth-order valence-electron chi connectivity index (χ4n) is 4.32. The van der Waals surface area contributed by atoms with Gasteiger partial charge < -0.3 is 14.4 Å². The molecule has 0 bridgehead atoms. The lowest BCUT2D eigenvalue weighted by Crippen LogP contribution is -2.50. The van der Waals surface area contributed by atoms with E-state index < -0.39 is 0 Å². The molecule has 2 aromatic heterocycles. The average Bonchev–Trinajstić information content (AvgIpc) is 3.38. The predicted molar refractivity (Wildman–Crippen MR) is 112 cm³/mol. The van der Waals surface area contributed by atoms with Crippen LogP contribution in [-0.4, -0.2) is 91.5 Å². The van der Waals surface area contributed by atoms with Crippen molar-refractivity contribution in [1.82, 2.24) is 19.8 Å². The molecule has 3 aliphatic rings. The minimum atomic E-state index is 0.325. The van der Waals surface area contributed by atoms with Gasteiger partial charge in [-0.15, -0.1) is 11.3 Å². The maximum Gasteiger partial charge on any atom is 0.224 e. The zero-order chi connectivity index (χ0) is 18.9. The lowest BCUT2D eigenvalue weighted by atomic mass is 10.2. The van der Waals surface area contributed by atoms with Crippen LogP contribution in [-0.2, 0) is 16.0 Å². The Morgan fingerprint density at radius 3 is 2.61 bits per heavy atom. The molecule has 0 aliphatic carbocycles. The number of nitrogens with zero attached hydrogens (tertiary/aromatic N) is 5. The van der Waals surface area contributed by atoms with E-state index in [1.54, 1.807) is 11.3 Å². The van der Waals surface area contributed by atoms with Crippen LogP contribution in [0.25, 0.3) is 10.2 Å². The van der Waals surface area contributed by atoms with Crippen LogP contribution in [0, 0.1) is 0 Å². The fraction of sp³-hybridized carbons (Fsp3) is 0.684. The Hall–Kier alpha value is -1.03. The summed E-state index contributed by atoms with van der Waals surface area (Å²) in [5.41, 5.74) is 0.961. The molecule has 0 saturated carbocycles. The second kappa shape index (κ2) is 8.38. The zero-order valence-electron chi connectivity index (χ0n) is 16.0. The molecule has 1 unspecified atom stereocenters. The van der Waals surface area contributed by atoms with E-state index in [4.69, 9.17) is 21.1 Å². The minimum absolute atomic E-state index is 0.325. The number of halogens is 1. The van der Waals surface area contributed by atoms with Crippen LogP contribution in [0.1, 0.15) is 11.3 Å². The Labute approximate surface area is 174 Å². The summed E-state index contributed by atoms with van der Waals surface area (Å²) in [5, 5.41) is 0.325. The third kappa shape index (κ3) is 3.99. The van der Waals surface area contributed by atoms with Gasteiger partial charge in [-0.1, -0.05) is 0 Å². The summed E-state index contributed by atoms with van der Waals surface area (Å²) < 4.78 is 12.2. The van der Waals surface area contributed by atoms with Crippen LogP contribution in [0.3, 0.4) is 0 Å². The van der Waals surface area contributed by atoms with Crippen molar-refractivity contribution in [2.45, 2.75) is 19.0 Å². The smallest absolute Gasteiger partial charge is 0.224 e. The van der Waals surface area contributed by atoms with Gasteiger partial charge in [0.2, 0.25) is 5.28 Å².